The number of aliphatic hydroxyl groups is 2. The molecule has 2 heterocycles. The van der Waals surface area contributed by atoms with Crippen molar-refractivity contribution in [3.05, 3.63) is 22.2 Å². The van der Waals surface area contributed by atoms with Crippen LogP contribution in [0.5, 0.6) is 0 Å². The topological polar surface area (TPSA) is 123 Å². The number of terminal acetylenes is 1. The van der Waals surface area contributed by atoms with Crippen molar-refractivity contribution in [2.75, 3.05) is 11.9 Å². The molecule has 0 bridgehead atoms. The number of nitrogens with one attached hydrogen (secondary N) is 1. The van der Waals surface area contributed by atoms with Crippen molar-refractivity contribution in [2.45, 2.75) is 58.2 Å². The van der Waals surface area contributed by atoms with Gasteiger partial charge >= 0.3 is 11.8 Å². The van der Waals surface area contributed by atoms with Gasteiger partial charge in [-0.05, 0) is 12.8 Å². The molecular weight excluding hydrogens is 354 g/mol. The fourth-order valence-electron chi connectivity index (χ4n) is 2.76. The average Bonchev–Trinajstić information content (AvgIpc) is 2.90. The highest BCUT2D eigenvalue weighted by molar-refractivity contribution is 5.84. The highest BCUT2D eigenvalue weighted by Crippen LogP contribution is 2.28. The minimum absolute atomic E-state index is 0.110. The summed E-state index contributed by atoms with van der Waals surface area (Å²) >= 11 is 0. The summed E-state index contributed by atoms with van der Waals surface area (Å²) in [6.45, 7) is 5.83. The highest BCUT2D eigenvalue weighted by atomic mass is 16.6. The summed E-state index contributed by atoms with van der Waals surface area (Å²) in [5.41, 5.74) is -0.687. The Bertz CT molecular complexity index is 767. The summed E-state index contributed by atoms with van der Waals surface area (Å²) in [5, 5.41) is 22.2. The molecule has 148 valence electrons. The van der Waals surface area contributed by atoms with E-state index in [-0.39, 0.29) is 23.9 Å². The van der Waals surface area contributed by atoms with Gasteiger partial charge in [0, 0.05) is 6.20 Å². The van der Waals surface area contributed by atoms with Gasteiger partial charge in [0.2, 0.25) is 0 Å². The first kappa shape index (κ1) is 20.9. The minimum atomic E-state index is -1.31. The molecule has 1 aromatic heterocycles. The van der Waals surface area contributed by atoms with Gasteiger partial charge in [0.05, 0.1) is 18.3 Å². The van der Waals surface area contributed by atoms with Crippen LogP contribution in [0.15, 0.2) is 11.0 Å². The fourth-order valence-corrected chi connectivity index (χ4v) is 2.76. The van der Waals surface area contributed by atoms with E-state index in [1.54, 1.807) is 6.92 Å². The molecule has 0 aliphatic carbocycles. The normalized spacial score (nSPS) is 24.6. The lowest BCUT2D eigenvalue weighted by Gasteiger charge is -2.18. The number of carbonyl (C=O) groups excluding carboxylic acids is 1. The average molecular weight is 379 g/mol. The Kier molecular flexibility index (Phi) is 6.96. The zero-order valence-electron chi connectivity index (χ0n) is 15.6. The van der Waals surface area contributed by atoms with Crippen LogP contribution in [0.25, 0.3) is 0 Å². The predicted octanol–water partition coefficient (Wildman–Crippen LogP) is 0.848. The maximum Gasteiger partial charge on any atom is 0.412 e. The molecule has 1 aliphatic heterocycles. The molecule has 1 fully saturated rings. The Balaban J connectivity index is 2.18. The third-order valence-corrected chi connectivity index (χ3v) is 4.68. The van der Waals surface area contributed by atoms with Gasteiger partial charge < -0.3 is 19.7 Å². The number of hydrogen-bond donors (Lipinski definition) is 3. The number of hydrogen-bond acceptors (Lipinski definition) is 7. The minimum Gasteiger partial charge on any atom is -0.449 e. The number of anilines is 1. The molecule has 0 unspecified atom stereocenters. The second-order valence-electron chi connectivity index (χ2n) is 6.46. The first-order valence-electron chi connectivity index (χ1n) is 8.87. The summed E-state index contributed by atoms with van der Waals surface area (Å²) in [6, 6.07) is 0. The van der Waals surface area contributed by atoms with E-state index in [0.717, 1.165) is 17.4 Å². The van der Waals surface area contributed by atoms with Gasteiger partial charge in [-0.25, -0.2) is 9.59 Å². The summed E-state index contributed by atoms with van der Waals surface area (Å²) in [5.74, 6) is 2.46. The standard InChI is InChI=1S/C18H25N3O6/c1-5-11(6-2)9-26-18(25)20-15-12(7-3)8-21(17(24)19-15)16-14(23)13(22)10(4)27-16/h3,8,10-11,13-14,16,22-23H,5-6,9H2,1-2,4H3,(H,19,20,24,25)/t10-,13-,14-,16-/m1/s1. The molecule has 1 amide bonds. The first-order valence-corrected chi connectivity index (χ1v) is 8.87. The van der Waals surface area contributed by atoms with E-state index in [0.29, 0.717) is 0 Å². The zero-order chi connectivity index (χ0) is 20.1. The van der Waals surface area contributed by atoms with Crippen LogP contribution in [0.3, 0.4) is 0 Å². The Morgan fingerprint density at radius 3 is 2.63 bits per heavy atom. The summed E-state index contributed by atoms with van der Waals surface area (Å²) in [6.07, 6.45) is 3.44. The number of ether oxygens (including phenoxy) is 2. The lowest BCUT2D eigenvalue weighted by Crippen LogP contribution is -2.36. The predicted molar refractivity (Wildman–Crippen MR) is 97.1 cm³/mol. The van der Waals surface area contributed by atoms with Crippen LogP contribution < -0.4 is 11.0 Å². The summed E-state index contributed by atoms with van der Waals surface area (Å²) < 4.78 is 11.5. The van der Waals surface area contributed by atoms with Crippen LogP contribution in [-0.4, -0.2) is 50.8 Å². The second kappa shape index (κ2) is 8.99. The van der Waals surface area contributed by atoms with E-state index in [4.69, 9.17) is 15.9 Å². The zero-order valence-corrected chi connectivity index (χ0v) is 15.6. The number of aromatic nitrogens is 2. The molecule has 1 saturated heterocycles. The van der Waals surface area contributed by atoms with Gasteiger partial charge in [0.25, 0.3) is 0 Å². The Morgan fingerprint density at radius 1 is 1.44 bits per heavy atom. The fraction of sp³-hybridized carbons (Fsp3) is 0.611. The van der Waals surface area contributed by atoms with Crippen LogP contribution in [0.4, 0.5) is 10.6 Å². The Morgan fingerprint density at radius 2 is 2.11 bits per heavy atom. The quantitative estimate of drug-likeness (QED) is 0.626. The van der Waals surface area contributed by atoms with Crippen LogP contribution in [0, 0.1) is 18.3 Å². The number of carbonyl (C=O) groups is 1. The van der Waals surface area contributed by atoms with E-state index >= 15 is 0 Å². The molecule has 1 aromatic rings. The van der Waals surface area contributed by atoms with E-state index in [9.17, 15) is 19.8 Å². The van der Waals surface area contributed by atoms with Gasteiger partial charge in [-0.2, -0.15) is 4.98 Å². The monoisotopic (exact) mass is 379 g/mol. The van der Waals surface area contributed by atoms with E-state index in [1.807, 2.05) is 13.8 Å². The first-order chi connectivity index (χ1) is 12.8. The van der Waals surface area contributed by atoms with Crippen molar-refractivity contribution in [3.63, 3.8) is 0 Å². The third kappa shape index (κ3) is 4.66. The molecule has 0 saturated carbocycles. The van der Waals surface area contributed by atoms with Crippen LogP contribution in [0.2, 0.25) is 0 Å². The Labute approximate surface area is 157 Å². The van der Waals surface area contributed by atoms with E-state index in [2.05, 4.69) is 16.2 Å². The van der Waals surface area contributed by atoms with E-state index in [1.165, 1.54) is 6.20 Å². The molecule has 4 atom stereocenters. The molecule has 0 spiro atoms. The number of aliphatic hydroxyl groups excluding tert-OH is 2. The van der Waals surface area contributed by atoms with Crippen molar-refractivity contribution in [2.24, 2.45) is 5.92 Å². The second-order valence-corrected chi connectivity index (χ2v) is 6.46. The molecule has 9 heteroatoms. The van der Waals surface area contributed by atoms with Gasteiger partial charge in [0.1, 0.15) is 12.2 Å². The number of amides is 1. The van der Waals surface area contributed by atoms with E-state index < -0.39 is 36.3 Å². The van der Waals surface area contributed by atoms with Crippen molar-refractivity contribution in [1.82, 2.24) is 9.55 Å². The molecular formula is C18H25N3O6. The van der Waals surface area contributed by atoms with Crippen LogP contribution >= 0.6 is 0 Å². The largest absolute Gasteiger partial charge is 0.449 e. The lowest BCUT2D eigenvalue weighted by atomic mass is 10.1. The highest BCUT2D eigenvalue weighted by Gasteiger charge is 2.42. The van der Waals surface area contributed by atoms with Crippen LogP contribution in [-0.2, 0) is 9.47 Å². The van der Waals surface area contributed by atoms with Crippen molar-refractivity contribution >= 4 is 11.9 Å². The SMILES string of the molecule is C#Cc1cn([C@@H]2O[C@H](C)[C@@H](O)[C@H]2O)c(=O)nc1NC(=O)OCC(CC)CC. The van der Waals surface area contributed by atoms with Crippen LogP contribution in [0.1, 0.15) is 45.4 Å². The van der Waals surface area contributed by atoms with Crippen molar-refractivity contribution in [1.29, 1.82) is 0 Å². The lowest BCUT2D eigenvalue weighted by molar-refractivity contribution is -0.0350. The maximum absolute atomic E-state index is 12.3. The molecule has 0 radical (unpaired) electrons. The van der Waals surface area contributed by atoms with Gasteiger partial charge in [-0.15, -0.1) is 6.42 Å². The molecule has 27 heavy (non-hydrogen) atoms. The number of rotatable bonds is 6. The molecule has 9 nitrogen and oxygen atoms in total. The third-order valence-electron chi connectivity index (χ3n) is 4.68. The van der Waals surface area contributed by atoms with Gasteiger partial charge in [0.15, 0.2) is 12.0 Å². The van der Waals surface area contributed by atoms with Gasteiger partial charge in [-0.1, -0.05) is 32.6 Å². The summed E-state index contributed by atoms with van der Waals surface area (Å²) in [4.78, 5) is 28.0. The number of nitrogens with zero attached hydrogens (tertiary/aromatic N) is 2. The molecule has 3 N–H and O–H groups in total. The smallest absolute Gasteiger partial charge is 0.412 e. The Hall–Kier alpha value is -2.41. The molecule has 2 rings (SSSR count). The molecule has 1 aliphatic rings. The van der Waals surface area contributed by atoms with Gasteiger partial charge in [-0.3, -0.25) is 9.88 Å². The van der Waals surface area contributed by atoms with Crippen molar-refractivity contribution in [3.8, 4) is 12.3 Å². The van der Waals surface area contributed by atoms with Crippen molar-refractivity contribution < 1.29 is 24.5 Å². The maximum atomic E-state index is 12.3. The molecule has 0 aromatic carbocycles. The summed E-state index contributed by atoms with van der Waals surface area (Å²) in [7, 11) is 0.